The number of hydrogen-bond acceptors (Lipinski definition) is 5. The minimum atomic E-state index is 0.652. The Balaban J connectivity index is 2.25. The molecule has 0 aliphatic heterocycles. The first kappa shape index (κ1) is 13.0. The van der Waals surface area contributed by atoms with Gasteiger partial charge < -0.3 is 5.73 Å². The summed E-state index contributed by atoms with van der Waals surface area (Å²) in [6.45, 7) is 2.61. The molecule has 2 rings (SSSR count). The standard InChI is InChI=1S/C11H12BrN3S2/c1-7-14-15-11(16-7)17-10-3-2-9(12)6-8(10)4-5-13/h2-3,6H,4-5,13H2,1H3. The van der Waals surface area contributed by atoms with Gasteiger partial charge in [0.15, 0.2) is 4.34 Å². The van der Waals surface area contributed by atoms with Crippen LogP contribution in [0.3, 0.4) is 0 Å². The van der Waals surface area contributed by atoms with Crippen molar-refractivity contribution in [2.75, 3.05) is 6.54 Å². The van der Waals surface area contributed by atoms with Crippen LogP contribution < -0.4 is 5.73 Å². The lowest BCUT2D eigenvalue weighted by molar-refractivity contribution is 0.940. The lowest BCUT2D eigenvalue weighted by atomic mass is 10.1. The Hall–Kier alpha value is -0.430. The van der Waals surface area contributed by atoms with E-state index in [4.69, 9.17) is 5.73 Å². The summed E-state index contributed by atoms with van der Waals surface area (Å²) >= 11 is 6.74. The largest absolute Gasteiger partial charge is 0.330 e. The molecule has 0 radical (unpaired) electrons. The number of aromatic nitrogens is 2. The van der Waals surface area contributed by atoms with E-state index >= 15 is 0 Å². The van der Waals surface area contributed by atoms with Crippen LogP contribution in [0.4, 0.5) is 0 Å². The zero-order valence-electron chi connectivity index (χ0n) is 9.31. The average molecular weight is 330 g/mol. The van der Waals surface area contributed by atoms with E-state index in [1.165, 1.54) is 10.5 Å². The Kier molecular flexibility index (Phi) is 4.55. The van der Waals surface area contributed by atoms with Crippen molar-refractivity contribution < 1.29 is 0 Å². The predicted molar refractivity (Wildman–Crippen MR) is 75.7 cm³/mol. The predicted octanol–water partition coefficient (Wildman–Crippen LogP) is 3.26. The Labute approximate surface area is 117 Å². The van der Waals surface area contributed by atoms with Crippen molar-refractivity contribution >= 4 is 39.0 Å². The second-order valence-corrected chi connectivity index (χ2v) is 6.87. The van der Waals surface area contributed by atoms with Gasteiger partial charge in [-0.05, 0) is 43.7 Å². The molecule has 90 valence electrons. The molecule has 0 saturated heterocycles. The zero-order chi connectivity index (χ0) is 12.3. The average Bonchev–Trinajstić information content (AvgIpc) is 2.69. The molecule has 0 aliphatic rings. The van der Waals surface area contributed by atoms with Crippen LogP contribution in [-0.4, -0.2) is 16.7 Å². The molecule has 0 fully saturated rings. The number of hydrogen-bond donors (Lipinski definition) is 1. The molecule has 2 aromatic rings. The summed E-state index contributed by atoms with van der Waals surface area (Å²) in [4.78, 5) is 1.20. The highest BCUT2D eigenvalue weighted by Gasteiger charge is 2.08. The summed E-state index contributed by atoms with van der Waals surface area (Å²) in [6, 6.07) is 6.25. The monoisotopic (exact) mass is 329 g/mol. The summed E-state index contributed by atoms with van der Waals surface area (Å²) in [5.41, 5.74) is 6.88. The van der Waals surface area contributed by atoms with Crippen LogP contribution in [0, 0.1) is 6.92 Å². The number of aryl methyl sites for hydroxylation is 1. The number of nitrogens with zero attached hydrogens (tertiary/aromatic N) is 2. The fourth-order valence-electron chi connectivity index (χ4n) is 1.41. The molecule has 0 aliphatic carbocycles. The molecule has 0 bridgehead atoms. The maximum Gasteiger partial charge on any atom is 0.179 e. The van der Waals surface area contributed by atoms with Crippen LogP contribution in [0.15, 0.2) is 31.9 Å². The Morgan fingerprint density at radius 2 is 2.24 bits per heavy atom. The zero-order valence-corrected chi connectivity index (χ0v) is 12.5. The lowest BCUT2D eigenvalue weighted by Gasteiger charge is -2.06. The van der Waals surface area contributed by atoms with Gasteiger partial charge in [0, 0.05) is 9.37 Å². The Morgan fingerprint density at radius 3 is 2.88 bits per heavy atom. The number of benzene rings is 1. The topological polar surface area (TPSA) is 51.8 Å². The van der Waals surface area contributed by atoms with Gasteiger partial charge in [-0.2, -0.15) is 0 Å². The number of nitrogens with two attached hydrogens (primary N) is 1. The molecule has 0 saturated carbocycles. The molecule has 1 aromatic heterocycles. The van der Waals surface area contributed by atoms with Gasteiger partial charge in [-0.25, -0.2) is 0 Å². The van der Waals surface area contributed by atoms with Gasteiger partial charge in [0.2, 0.25) is 0 Å². The smallest absolute Gasteiger partial charge is 0.179 e. The SMILES string of the molecule is Cc1nnc(Sc2ccc(Br)cc2CCN)s1. The first-order valence-corrected chi connectivity index (χ1v) is 7.58. The van der Waals surface area contributed by atoms with Gasteiger partial charge in [0.05, 0.1) is 0 Å². The maximum atomic E-state index is 5.63. The molecular formula is C11H12BrN3S2. The molecule has 0 spiro atoms. The third kappa shape index (κ3) is 3.51. The van der Waals surface area contributed by atoms with E-state index in [0.717, 1.165) is 20.2 Å². The molecule has 0 amide bonds. The van der Waals surface area contributed by atoms with Crippen LogP contribution in [-0.2, 0) is 6.42 Å². The van der Waals surface area contributed by atoms with Crippen molar-refractivity contribution in [1.29, 1.82) is 0 Å². The van der Waals surface area contributed by atoms with Crippen molar-refractivity contribution in [2.45, 2.75) is 22.6 Å². The van der Waals surface area contributed by atoms with Crippen molar-refractivity contribution in [3.63, 3.8) is 0 Å². The van der Waals surface area contributed by atoms with Crippen LogP contribution >= 0.6 is 39.0 Å². The lowest BCUT2D eigenvalue weighted by Crippen LogP contribution is -2.03. The summed E-state index contributed by atoms with van der Waals surface area (Å²) in [5.74, 6) is 0. The highest BCUT2D eigenvalue weighted by Crippen LogP contribution is 2.33. The number of halogens is 1. The van der Waals surface area contributed by atoms with Gasteiger partial charge in [-0.15, -0.1) is 10.2 Å². The second-order valence-electron chi connectivity index (χ2n) is 3.48. The van der Waals surface area contributed by atoms with Crippen LogP contribution in [0.25, 0.3) is 0 Å². The first-order valence-electron chi connectivity index (χ1n) is 5.15. The van der Waals surface area contributed by atoms with E-state index in [1.54, 1.807) is 23.1 Å². The molecule has 6 heteroatoms. The van der Waals surface area contributed by atoms with Gasteiger partial charge in [0.1, 0.15) is 5.01 Å². The van der Waals surface area contributed by atoms with Crippen molar-refractivity contribution in [3.05, 3.63) is 33.2 Å². The van der Waals surface area contributed by atoms with Crippen LogP contribution in [0.1, 0.15) is 10.6 Å². The summed E-state index contributed by atoms with van der Waals surface area (Å²) in [5, 5.41) is 9.13. The minimum absolute atomic E-state index is 0.652. The fraction of sp³-hybridized carbons (Fsp3) is 0.273. The molecule has 0 unspecified atom stereocenters. The molecule has 3 nitrogen and oxygen atoms in total. The summed E-state index contributed by atoms with van der Waals surface area (Å²) < 4.78 is 2.06. The van der Waals surface area contributed by atoms with Crippen molar-refractivity contribution in [2.24, 2.45) is 5.73 Å². The molecule has 0 atom stereocenters. The highest BCUT2D eigenvalue weighted by molar-refractivity contribution is 9.10. The minimum Gasteiger partial charge on any atom is -0.330 e. The third-order valence-electron chi connectivity index (χ3n) is 2.14. The molecule has 2 N–H and O–H groups in total. The van der Waals surface area contributed by atoms with E-state index in [2.05, 4.69) is 38.3 Å². The van der Waals surface area contributed by atoms with E-state index in [9.17, 15) is 0 Å². The quantitative estimate of drug-likeness (QED) is 0.935. The summed E-state index contributed by atoms with van der Waals surface area (Å²) in [6.07, 6.45) is 0.875. The van der Waals surface area contributed by atoms with Crippen molar-refractivity contribution in [3.8, 4) is 0 Å². The molecule has 1 aromatic carbocycles. The van der Waals surface area contributed by atoms with Gasteiger partial charge in [-0.3, -0.25) is 0 Å². The summed E-state index contributed by atoms with van der Waals surface area (Å²) in [7, 11) is 0. The molecule has 1 heterocycles. The molecule has 17 heavy (non-hydrogen) atoms. The van der Waals surface area contributed by atoms with Gasteiger partial charge in [-0.1, -0.05) is 39.0 Å². The van der Waals surface area contributed by atoms with Crippen LogP contribution in [0.2, 0.25) is 0 Å². The van der Waals surface area contributed by atoms with Gasteiger partial charge in [0.25, 0.3) is 0 Å². The highest BCUT2D eigenvalue weighted by atomic mass is 79.9. The van der Waals surface area contributed by atoms with Crippen molar-refractivity contribution in [1.82, 2.24) is 10.2 Å². The van der Waals surface area contributed by atoms with E-state index < -0.39 is 0 Å². The first-order chi connectivity index (χ1) is 8.19. The molecular weight excluding hydrogens is 318 g/mol. The van der Waals surface area contributed by atoms with E-state index in [1.807, 2.05) is 13.0 Å². The normalized spacial score (nSPS) is 10.8. The second kappa shape index (κ2) is 5.95. The Morgan fingerprint density at radius 1 is 1.41 bits per heavy atom. The van der Waals surface area contributed by atoms with Crippen LogP contribution in [0.5, 0.6) is 0 Å². The maximum absolute atomic E-state index is 5.63. The van der Waals surface area contributed by atoms with E-state index in [0.29, 0.717) is 6.54 Å². The Bertz CT molecular complexity index is 513. The fourth-order valence-corrected chi connectivity index (χ4v) is 3.73. The van der Waals surface area contributed by atoms with Gasteiger partial charge >= 0.3 is 0 Å². The third-order valence-corrected chi connectivity index (χ3v) is 4.64. The number of rotatable bonds is 4. The van der Waals surface area contributed by atoms with E-state index in [-0.39, 0.29) is 0 Å².